The highest BCUT2D eigenvalue weighted by Crippen LogP contribution is 2.27. The number of non-ortho nitro benzene ring substituents is 1. The van der Waals surface area contributed by atoms with E-state index in [1.54, 1.807) is 7.05 Å². The van der Waals surface area contributed by atoms with Crippen LogP contribution in [0.15, 0.2) is 18.2 Å². The highest BCUT2D eigenvalue weighted by molar-refractivity contribution is 5.77. The lowest BCUT2D eigenvalue weighted by Gasteiger charge is -2.11. The molecule has 114 valence electrons. The van der Waals surface area contributed by atoms with E-state index in [1.165, 1.54) is 31.0 Å². The molecule has 0 saturated heterocycles. The highest BCUT2D eigenvalue weighted by Gasteiger charge is 2.21. The molecule has 7 heteroatoms. The number of carbonyl (C=O) groups is 1. The van der Waals surface area contributed by atoms with E-state index in [1.807, 2.05) is 0 Å². The lowest BCUT2D eigenvalue weighted by molar-refractivity contribution is -0.384. The molecular weight excluding hydrogens is 274 g/mol. The number of nitro benzene ring substituents is 1. The molecule has 2 N–H and O–H groups in total. The van der Waals surface area contributed by atoms with Crippen LogP contribution in [-0.4, -0.2) is 31.0 Å². The molecule has 0 radical (unpaired) electrons. The third-order valence-corrected chi connectivity index (χ3v) is 3.27. The summed E-state index contributed by atoms with van der Waals surface area (Å²) in [6.07, 6.45) is 2.35. The van der Waals surface area contributed by atoms with Gasteiger partial charge in [0.15, 0.2) is 6.61 Å². The predicted octanol–water partition coefficient (Wildman–Crippen LogP) is 1.22. The summed E-state index contributed by atoms with van der Waals surface area (Å²) in [7, 11) is 1.74. The number of hydrogen-bond acceptors (Lipinski definition) is 5. The van der Waals surface area contributed by atoms with Crippen molar-refractivity contribution >= 4 is 11.6 Å². The zero-order valence-electron chi connectivity index (χ0n) is 11.9. The van der Waals surface area contributed by atoms with Crippen molar-refractivity contribution in [2.24, 2.45) is 5.92 Å². The van der Waals surface area contributed by atoms with Gasteiger partial charge in [-0.05, 0) is 31.9 Å². The van der Waals surface area contributed by atoms with Gasteiger partial charge in [0.25, 0.3) is 11.6 Å². The SMILES string of the molecule is CNCc1cc([N+](=O)[O-])ccc1OCC(=O)NCC1CC1. The van der Waals surface area contributed by atoms with E-state index in [9.17, 15) is 14.9 Å². The quantitative estimate of drug-likeness (QED) is 0.555. The van der Waals surface area contributed by atoms with Gasteiger partial charge < -0.3 is 15.4 Å². The largest absolute Gasteiger partial charge is 0.483 e. The monoisotopic (exact) mass is 293 g/mol. The summed E-state index contributed by atoms with van der Waals surface area (Å²) in [5, 5.41) is 16.5. The fourth-order valence-corrected chi connectivity index (χ4v) is 1.92. The summed E-state index contributed by atoms with van der Waals surface area (Å²) in [5.41, 5.74) is 0.660. The van der Waals surface area contributed by atoms with Gasteiger partial charge in [0.1, 0.15) is 5.75 Å². The van der Waals surface area contributed by atoms with Gasteiger partial charge in [-0.25, -0.2) is 0 Å². The third-order valence-electron chi connectivity index (χ3n) is 3.27. The second-order valence-electron chi connectivity index (χ2n) is 5.12. The van der Waals surface area contributed by atoms with Gasteiger partial charge in [-0.15, -0.1) is 0 Å². The predicted molar refractivity (Wildman–Crippen MR) is 77.1 cm³/mol. The maximum Gasteiger partial charge on any atom is 0.270 e. The van der Waals surface area contributed by atoms with Gasteiger partial charge in [-0.2, -0.15) is 0 Å². The van der Waals surface area contributed by atoms with E-state index in [0.29, 0.717) is 30.3 Å². The van der Waals surface area contributed by atoms with Crippen molar-refractivity contribution in [3.05, 3.63) is 33.9 Å². The molecule has 0 bridgehead atoms. The molecule has 0 unspecified atom stereocenters. The third kappa shape index (κ3) is 4.71. The number of hydrogen-bond donors (Lipinski definition) is 2. The van der Waals surface area contributed by atoms with E-state index in [0.717, 1.165) is 0 Å². The van der Waals surface area contributed by atoms with Crippen molar-refractivity contribution in [1.82, 2.24) is 10.6 Å². The van der Waals surface area contributed by atoms with E-state index < -0.39 is 4.92 Å². The summed E-state index contributed by atoms with van der Waals surface area (Å²) in [5.74, 6) is 0.931. The molecule has 0 spiro atoms. The number of carbonyl (C=O) groups excluding carboxylic acids is 1. The van der Waals surface area contributed by atoms with Crippen molar-refractivity contribution in [3.8, 4) is 5.75 Å². The second kappa shape index (κ2) is 7.03. The number of ether oxygens (including phenoxy) is 1. The molecule has 0 aromatic heterocycles. The molecule has 1 fully saturated rings. The Hall–Kier alpha value is -2.15. The van der Waals surface area contributed by atoms with Gasteiger partial charge in [-0.1, -0.05) is 0 Å². The van der Waals surface area contributed by atoms with Crippen LogP contribution in [-0.2, 0) is 11.3 Å². The number of amides is 1. The number of benzene rings is 1. The fraction of sp³-hybridized carbons (Fsp3) is 0.500. The minimum absolute atomic E-state index is 0.00536. The Morgan fingerprint density at radius 2 is 2.24 bits per heavy atom. The number of nitrogens with one attached hydrogen (secondary N) is 2. The Kier molecular flexibility index (Phi) is 5.10. The topological polar surface area (TPSA) is 93.5 Å². The minimum atomic E-state index is -0.453. The van der Waals surface area contributed by atoms with E-state index in [4.69, 9.17) is 4.74 Å². The van der Waals surface area contributed by atoms with Crippen LogP contribution in [0.2, 0.25) is 0 Å². The molecule has 21 heavy (non-hydrogen) atoms. The second-order valence-corrected chi connectivity index (χ2v) is 5.12. The van der Waals surface area contributed by atoms with Crippen LogP contribution in [0.5, 0.6) is 5.75 Å². The molecule has 0 atom stereocenters. The lowest BCUT2D eigenvalue weighted by atomic mass is 10.2. The van der Waals surface area contributed by atoms with Gasteiger partial charge in [0.05, 0.1) is 4.92 Å². The first kappa shape index (κ1) is 15.2. The first-order valence-corrected chi connectivity index (χ1v) is 6.91. The van der Waals surface area contributed by atoms with Crippen LogP contribution in [0.3, 0.4) is 0 Å². The Labute approximate surface area is 122 Å². The molecule has 7 nitrogen and oxygen atoms in total. The van der Waals surface area contributed by atoms with Gasteiger partial charge in [0, 0.05) is 30.8 Å². The Balaban J connectivity index is 1.93. The molecule has 1 aliphatic carbocycles. The molecule has 1 amide bonds. The summed E-state index contributed by atoms with van der Waals surface area (Å²) < 4.78 is 5.46. The highest BCUT2D eigenvalue weighted by atomic mass is 16.6. The first-order chi connectivity index (χ1) is 10.1. The van der Waals surface area contributed by atoms with Crippen LogP contribution < -0.4 is 15.4 Å². The summed E-state index contributed by atoms with van der Waals surface area (Å²) >= 11 is 0. The number of nitrogens with zero attached hydrogens (tertiary/aromatic N) is 1. The van der Waals surface area contributed by atoms with Crippen molar-refractivity contribution in [1.29, 1.82) is 0 Å². The van der Waals surface area contributed by atoms with E-state index in [2.05, 4.69) is 10.6 Å². The first-order valence-electron chi connectivity index (χ1n) is 6.91. The van der Waals surface area contributed by atoms with Crippen LogP contribution >= 0.6 is 0 Å². The summed E-state index contributed by atoms with van der Waals surface area (Å²) in [6, 6.07) is 4.35. The van der Waals surface area contributed by atoms with Crippen LogP contribution in [0.4, 0.5) is 5.69 Å². The summed E-state index contributed by atoms with van der Waals surface area (Å²) in [4.78, 5) is 21.9. The maximum absolute atomic E-state index is 11.6. The number of rotatable bonds is 8. The lowest BCUT2D eigenvalue weighted by Crippen LogP contribution is -2.30. The minimum Gasteiger partial charge on any atom is -0.483 e. The molecule has 1 aliphatic rings. The van der Waals surface area contributed by atoms with Crippen molar-refractivity contribution in [2.45, 2.75) is 19.4 Å². The van der Waals surface area contributed by atoms with Crippen molar-refractivity contribution in [2.75, 3.05) is 20.2 Å². The molecule has 1 aromatic rings. The molecule has 1 saturated carbocycles. The average Bonchev–Trinajstić information content (AvgIpc) is 3.28. The Morgan fingerprint density at radius 3 is 2.86 bits per heavy atom. The molecule has 0 aliphatic heterocycles. The number of nitro groups is 1. The Bertz CT molecular complexity index is 529. The zero-order valence-corrected chi connectivity index (χ0v) is 11.9. The van der Waals surface area contributed by atoms with Gasteiger partial charge in [-0.3, -0.25) is 14.9 Å². The van der Waals surface area contributed by atoms with Gasteiger partial charge in [0.2, 0.25) is 0 Å². The fourth-order valence-electron chi connectivity index (χ4n) is 1.92. The van der Waals surface area contributed by atoms with Crippen molar-refractivity contribution in [3.63, 3.8) is 0 Å². The molecular formula is C14H19N3O4. The van der Waals surface area contributed by atoms with Crippen molar-refractivity contribution < 1.29 is 14.5 Å². The smallest absolute Gasteiger partial charge is 0.270 e. The van der Waals surface area contributed by atoms with E-state index >= 15 is 0 Å². The summed E-state index contributed by atoms with van der Waals surface area (Å²) in [6.45, 7) is 1.05. The standard InChI is InChI=1S/C14H19N3O4/c1-15-8-11-6-12(17(19)20)4-5-13(11)21-9-14(18)16-7-10-2-3-10/h4-6,10,15H,2-3,7-9H2,1H3,(H,16,18). The normalized spacial score (nSPS) is 13.8. The maximum atomic E-state index is 11.6. The van der Waals surface area contributed by atoms with Crippen LogP contribution in [0.1, 0.15) is 18.4 Å². The molecule has 0 heterocycles. The zero-order chi connectivity index (χ0) is 15.2. The van der Waals surface area contributed by atoms with Crippen LogP contribution in [0.25, 0.3) is 0 Å². The molecule has 1 aromatic carbocycles. The average molecular weight is 293 g/mol. The van der Waals surface area contributed by atoms with Gasteiger partial charge >= 0.3 is 0 Å². The Morgan fingerprint density at radius 1 is 1.48 bits per heavy atom. The van der Waals surface area contributed by atoms with E-state index in [-0.39, 0.29) is 18.2 Å². The van der Waals surface area contributed by atoms with Crippen LogP contribution in [0, 0.1) is 16.0 Å². The molecule has 2 rings (SSSR count).